The van der Waals surface area contributed by atoms with Crippen molar-refractivity contribution in [1.82, 2.24) is 10.6 Å². The second-order valence-electron chi connectivity index (χ2n) is 6.72. The van der Waals surface area contributed by atoms with E-state index in [0.717, 1.165) is 18.4 Å². The highest BCUT2D eigenvalue weighted by molar-refractivity contribution is 5.97. The number of esters is 1. The van der Waals surface area contributed by atoms with E-state index in [2.05, 4.69) is 10.6 Å². The lowest BCUT2D eigenvalue weighted by Gasteiger charge is -2.18. The van der Waals surface area contributed by atoms with Gasteiger partial charge in [0.2, 0.25) is 5.91 Å². The maximum Gasteiger partial charge on any atom is 0.306 e. The van der Waals surface area contributed by atoms with Crippen LogP contribution in [0, 0.1) is 0 Å². The Hall–Kier alpha value is -3.15. The second kappa shape index (κ2) is 12.3. The molecule has 0 aromatic heterocycles. The van der Waals surface area contributed by atoms with Crippen LogP contribution < -0.4 is 10.6 Å². The third-order valence-corrected chi connectivity index (χ3v) is 4.37. The molecule has 0 saturated carbocycles. The van der Waals surface area contributed by atoms with Crippen LogP contribution in [0.4, 0.5) is 0 Å². The smallest absolute Gasteiger partial charge is 0.306 e. The molecule has 0 bridgehead atoms. The van der Waals surface area contributed by atoms with Crippen molar-refractivity contribution in [3.63, 3.8) is 0 Å². The van der Waals surface area contributed by atoms with Crippen LogP contribution in [0.5, 0.6) is 0 Å². The highest BCUT2D eigenvalue weighted by Crippen LogP contribution is 2.06. The summed E-state index contributed by atoms with van der Waals surface area (Å²) in [6, 6.07) is 17.3. The Labute approximate surface area is 171 Å². The minimum Gasteiger partial charge on any atom is -0.461 e. The van der Waals surface area contributed by atoms with Crippen molar-refractivity contribution in [2.45, 2.75) is 45.3 Å². The topological polar surface area (TPSA) is 84.5 Å². The summed E-state index contributed by atoms with van der Waals surface area (Å²) in [7, 11) is 0. The van der Waals surface area contributed by atoms with E-state index in [1.807, 2.05) is 43.3 Å². The second-order valence-corrected chi connectivity index (χ2v) is 6.72. The van der Waals surface area contributed by atoms with E-state index in [1.165, 1.54) is 0 Å². The molecular formula is C23H28N2O4. The summed E-state index contributed by atoms with van der Waals surface area (Å²) in [5.74, 6) is -1.05. The molecule has 0 aliphatic heterocycles. The molecule has 6 nitrogen and oxygen atoms in total. The maximum atomic E-state index is 12.5. The fourth-order valence-corrected chi connectivity index (χ4v) is 2.68. The molecule has 0 aliphatic carbocycles. The first kappa shape index (κ1) is 22.1. The molecule has 154 valence electrons. The lowest BCUT2D eigenvalue weighted by atomic mass is 10.1. The van der Waals surface area contributed by atoms with E-state index < -0.39 is 12.0 Å². The van der Waals surface area contributed by atoms with Gasteiger partial charge < -0.3 is 15.4 Å². The van der Waals surface area contributed by atoms with Gasteiger partial charge in [-0.05, 0) is 30.5 Å². The summed E-state index contributed by atoms with van der Waals surface area (Å²) in [4.78, 5) is 37.0. The maximum absolute atomic E-state index is 12.5. The average Bonchev–Trinajstić information content (AvgIpc) is 2.76. The van der Waals surface area contributed by atoms with E-state index in [-0.39, 0.29) is 31.3 Å². The van der Waals surface area contributed by atoms with E-state index in [9.17, 15) is 14.4 Å². The van der Waals surface area contributed by atoms with Gasteiger partial charge in [0.15, 0.2) is 0 Å². The van der Waals surface area contributed by atoms with E-state index in [4.69, 9.17) is 4.74 Å². The van der Waals surface area contributed by atoms with Crippen molar-refractivity contribution >= 4 is 17.8 Å². The van der Waals surface area contributed by atoms with Gasteiger partial charge in [-0.25, -0.2) is 0 Å². The van der Waals surface area contributed by atoms with Crippen LogP contribution in [0.2, 0.25) is 0 Å². The summed E-state index contributed by atoms with van der Waals surface area (Å²) in [6.07, 6.45) is 2.01. The third-order valence-electron chi connectivity index (χ3n) is 4.37. The van der Waals surface area contributed by atoms with Crippen molar-refractivity contribution in [1.29, 1.82) is 0 Å². The molecule has 0 fully saturated rings. The Bertz CT molecular complexity index is 778. The summed E-state index contributed by atoms with van der Waals surface area (Å²) >= 11 is 0. The third kappa shape index (κ3) is 8.17. The molecule has 2 aromatic carbocycles. The van der Waals surface area contributed by atoms with Crippen LogP contribution in [-0.2, 0) is 20.9 Å². The SMILES string of the molecule is CCCCNC(=O)[C@@H](CCC(=O)OCc1ccccc1)NC(=O)c1ccccc1. The number of ether oxygens (including phenoxy) is 1. The summed E-state index contributed by atoms with van der Waals surface area (Å²) < 4.78 is 5.26. The first-order chi connectivity index (χ1) is 14.1. The van der Waals surface area contributed by atoms with Crippen LogP contribution in [0.1, 0.15) is 48.5 Å². The zero-order valence-corrected chi connectivity index (χ0v) is 16.7. The standard InChI is InChI=1S/C23H28N2O4/c1-2-3-16-24-23(28)20(25-22(27)19-12-8-5-9-13-19)14-15-21(26)29-17-18-10-6-4-7-11-18/h4-13,20H,2-3,14-17H2,1H3,(H,24,28)(H,25,27)/t20-/m1/s1. The lowest BCUT2D eigenvalue weighted by Crippen LogP contribution is -2.47. The molecule has 6 heteroatoms. The zero-order chi connectivity index (χ0) is 20.9. The predicted octanol–water partition coefficient (Wildman–Crippen LogP) is 3.22. The van der Waals surface area contributed by atoms with Gasteiger partial charge in [0.25, 0.3) is 5.91 Å². The molecule has 0 unspecified atom stereocenters. The number of hydrogen-bond donors (Lipinski definition) is 2. The first-order valence-electron chi connectivity index (χ1n) is 9.93. The monoisotopic (exact) mass is 396 g/mol. The number of benzene rings is 2. The van der Waals surface area contributed by atoms with Crippen molar-refractivity contribution in [3.8, 4) is 0 Å². The molecule has 0 heterocycles. The van der Waals surface area contributed by atoms with Crippen LogP contribution in [0.25, 0.3) is 0 Å². The van der Waals surface area contributed by atoms with Gasteiger partial charge in [-0.15, -0.1) is 0 Å². The Kier molecular flexibility index (Phi) is 9.42. The van der Waals surface area contributed by atoms with Crippen LogP contribution >= 0.6 is 0 Å². The molecule has 0 saturated heterocycles. The summed E-state index contributed by atoms with van der Waals surface area (Å²) in [6.45, 7) is 2.75. The minimum absolute atomic E-state index is 0.0355. The largest absolute Gasteiger partial charge is 0.461 e. The Morgan fingerprint density at radius 3 is 2.28 bits per heavy atom. The Balaban J connectivity index is 1.90. The number of amides is 2. The fourth-order valence-electron chi connectivity index (χ4n) is 2.68. The molecule has 29 heavy (non-hydrogen) atoms. The van der Waals surface area contributed by atoms with Gasteiger partial charge in [0.05, 0.1) is 0 Å². The van der Waals surface area contributed by atoms with Crippen LogP contribution in [0.15, 0.2) is 60.7 Å². The van der Waals surface area contributed by atoms with Crippen LogP contribution in [0.3, 0.4) is 0 Å². The van der Waals surface area contributed by atoms with Gasteiger partial charge in [0, 0.05) is 18.5 Å². The van der Waals surface area contributed by atoms with Gasteiger partial charge in [0.1, 0.15) is 12.6 Å². The van der Waals surface area contributed by atoms with E-state index in [1.54, 1.807) is 24.3 Å². The molecule has 0 radical (unpaired) electrons. The van der Waals surface area contributed by atoms with Crippen molar-refractivity contribution < 1.29 is 19.1 Å². The highest BCUT2D eigenvalue weighted by Gasteiger charge is 2.22. The summed E-state index contributed by atoms with van der Waals surface area (Å²) in [5.41, 5.74) is 1.36. The molecule has 2 amide bonds. The number of carbonyl (C=O) groups is 3. The first-order valence-corrected chi connectivity index (χ1v) is 9.93. The van der Waals surface area contributed by atoms with Gasteiger partial charge in [-0.1, -0.05) is 61.9 Å². The van der Waals surface area contributed by atoms with Crippen LogP contribution in [-0.4, -0.2) is 30.4 Å². The quantitative estimate of drug-likeness (QED) is 0.451. The number of unbranched alkanes of at least 4 members (excludes halogenated alkanes) is 1. The molecule has 2 N–H and O–H groups in total. The Morgan fingerprint density at radius 1 is 0.966 bits per heavy atom. The Morgan fingerprint density at radius 2 is 1.62 bits per heavy atom. The van der Waals surface area contributed by atoms with Crippen molar-refractivity contribution in [2.75, 3.05) is 6.54 Å². The number of rotatable bonds is 11. The van der Waals surface area contributed by atoms with Crippen molar-refractivity contribution in [2.24, 2.45) is 0 Å². The summed E-state index contributed by atoms with van der Waals surface area (Å²) in [5, 5.41) is 5.55. The number of carbonyl (C=O) groups excluding carboxylic acids is 3. The van der Waals surface area contributed by atoms with Crippen molar-refractivity contribution in [3.05, 3.63) is 71.8 Å². The average molecular weight is 396 g/mol. The molecule has 1 atom stereocenters. The van der Waals surface area contributed by atoms with Gasteiger partial charge in [-0.3, -0.25) is 14.4 Å². The highest BCUT2D eigenvalue weighted by atomic mass is 16.5. The molecule has 2 rings (SSSR count). The predicted molar refractivity (Wildman–Crippen MR) is 111 cm³/mol. The van der Waals surface area contributed by atoms with E-state index in [0.29, 0.717) is 12.1 Å². The molecule has 0 aliphatic rings. The van der Waals surface area contributed by atoms with Gasteiger partial charge in [-0.2, -0.15) is 0 Å². The van der Waals surface area contributed by atoms with Gasteiger partial charge >= 0.3 is 5.97 Å². The van der Waals surface area contributed by atoms with E-state index >= 15 is 0 Å². The number of hydrogen-bond acceptors (Lipinski definition) is 4. The number of nitrogens with one attached hydrogen (secondary N) is 2. The minimum atomic E-state index is -0.802. The zero-order valence-electron chi connectivity index (χ0n) is 16.7. The molecular weight excluding hydrogens is 368 g/mol. The lowest BCUT2D eigenvalue weighted by molar-refractivity contribution is -0.145. The molecule has 2 aromatic rings. The molecule has 0 spiro atoms. The fraction of sp³-hybridized carbons (Fsp3) is 0.348. The normalized spacial score (nSPS) is 11.3.